The average Bonchev–Trinajstić information content (AvgIpc) is 3.32. The Balaban J connectivity index is 1.84. The van der Waals surface area contributed by atoms with Crippen molar-refractivity contribution in [1.82, 2.24) is 25.6 Å². The highest BCUT2D eigenvalue weighted by Gasteiger charge is 2.25. The SMILES string of the molecule is N#Cc1c(SCc2nn[nH]n2)[nH]c(=O)c(C(=O)Nc2ccccc2)c1-c1ccc(Cl)cc1. The highest BCUT2D eigenvalue weighted by atomic mass is 35.5. The number of aromatic nitrogens is 5. The Morgan fingerprint density at radius 1 is 1.16 bits per heavy atom. The highest BCUT2D eigenvalue weighted by molar-refractivity contribution is 7.98. The molecular formula is C21H14ClN7O2S. The topological polar surface area (TPSA) is 140 Å². The molecule has 0 saturated heterocycles. The van der Waals surface area contributed by atoms with E-state index in [4.69, 9.17) is 11.6 Å². The maximum absolute atomic E-state index is 13.1. The van der Waals surface area contributed by atoms with Crippen LogP contribution in [-0.2, 0) is 5.75 Å². The average molecular weight is 464 g/mol. The Morgan fingerprint density at radius 2 is 1.91 bits per heavy atom. The van der Waals surface area contributed by atoms with Crippen LogP contribution in [0.5, 0.6) is 0 Å². The number of hydrogen-bond donors (Lipinski definition) is 3. The number of thioether (sulfide) groups is 1. The van der Waals surface area contributed by atoms with Crippen molar-refractivity contribution in [3.63, 3.8) is 0 Å². The van der Waals surface area contributed by atoms with Crippen molar-refractivity contribution in [2.45, 2.75) is 10.8 Å². The number of hydrogen-bond acceptors (Lipinski definition) is 7. The van der Waals surface area contributed by atoms with Gasteiger partial charge in [-0.15, -0.1) is 10.2 Å². The lowest BCUT2D eigenvalue weighted by atomic mass is 9.96. The fourth-order valence-electron chi connectivity index (χ4n) is 3.01. The zero-order valence-electron chi connectivity index (χ0n) is 16.3. The van der Waals surface area contributed by atoms with E-state index >= 15 is 0 Å². The summed E-state index contributed by atoms with van der Waals surface area (Å²) in [5.74, 6) is 0.0313. The van der Waals surface area contributed by atoms with Gasteiger partial charge in [-0.05, 0) is 29.8 Å². The summed E-state index contributed by atoms with van der Waals surface area (Å²) >= 11 is 7.17. The molecule has 2 aromatic carbocycles. The van der Waals surface area contributed by atoms with Crippen LogP contribution in [0.25, 0.3) is 11.1 Å². The van der Waals surface area contributed by atoms with Crippen LogP contribution >= 0.6 is 23.4 Å². The third-order valence-electron chi connectivity index (χ3n) is 4.42. The number of aromatic amines is 2. The van der Waals surface area contributed by atoms with Crippen LogP contribution in [0.15, 0.2) is 64.4 Å². The molecule has 0 bridgehead atoms. The first kappa shape index (κ1) is 21.3. The lowest BCUT2D eigenvalue weighted by molar-refractivity contribution is 0.102. The maximum Gasteiger partial charge on any atom is 0.262 e. The number of H-pyrrole nitrogens is 2. The molecule has 11 heteroatoms. The van der Waals surface area contributed by atoms with Gasteiger partial charge in [0, 0.05) is 16.3 Å². The van der Waals surface area contributed by atoms with E-state index < -0.39 is 11.5 Å². The van der Waals surface area contributed by atoms with E-state index in [2.05, 4.69) is 37.0 Å². The second-order valence-corrected chi connectivity index (χ2v) is 7.89. The summed E-state index contributed by atoms with van der Waals surface area (Å²) < 4.78 is 0. The first-order valence-corrected chi connectivity index (χ1v) is 10.6. The largest absolute Gasteiger partial charge is 0.322 e. The van der Waals surface area contributed by atoms with Crippen molar-refractivity contribution in [3.8, 4) is 17.2 Å². The van der Waals surface area contributed by atoms with Crippen molar-refractivity contribution in [3.05, 3.63) is 86.9 Å². The molecular weight excluding hydrogens is 450 g/mol. The van der Waals surface area contributed by atoms with Gasteiger partial charge in [-0.3, -0.25) is 9.59 Å². The summed E-state index contributed by atoms with van der Waals surface area (Å²) in [5.41, 5.74) is 0.606. The van der Waals surface area contributed by atoms with Gasteiger partial charge in [-0.2, -0.15) is 10.5 Å². The molecule has 1 amide bonds. The molecule has 0 saturated carbocycles. The number of rotatable bonds is 6. The zero-order valence-corrected chi connectivity index (χ0v) is 17.9. The molecule has 9 nitrogen and oxygen atoms in total. The van der Waals surface area contributed by atoms with Crippen molar-refractivity contribution in [2.24, 2.45) is 0 Å². The zero-order chi connectivity index (χ0) is 22.5. The van der Waals surface area contributed by atoms with E-state index in [0.717, 1.165) is 11.8 Å². The Kier molecular flexibility index (Phi) is 6.30. The van der Waals surface area contributed by atoms with Crippen LogP contribution in [0.2, 0.25) is 5.02 Å². The smallest absolute Gasteiger partial charge is 0.262 e. The number of anilines is 1. The summed E-state index contributed by atoms with van der Waals surface area (Å²) in [4.78, 5) is 28.8. The second kappa shape index (κ2) is 9.47. The molecule has 0 spiro atoms. The molecule has 0 aliphatic heterocycles. The Hall–Kier alpha value is -3.94. The van der Waals surface area contributed by atoms with Crippen LogP contribution in [0, 0.1) is 11.3 Å². The van der Waals surface area contributed by atoms with Gasteiger partial charge in [0.2, 0.25) is 0 Å². The van der Waals surface area contributed by atoms with E-state index in [1.54, 1.807) is 48.5 Å². The highest BCUT2D eigenvalue weighted by Crippen LogP contribution is 2.33. The van der Waals surface area contributed by atoms with Gasteiger partial charge in [0.1, 0.15) is 11.6 Å². The minimum absolute atomic E-state index is 0.152. The fourth-order valence-corrected chi connectivity index (χ4v) is 3.99. The van der Waals surface area contributed by atoms with Crippen molar-refractivity contribution >= 4 is 35.0 Å². The molecule has 0 aliphatic carbocycles. The molecule has 0 atom stereocenters. The third kappa shape index (κ3) is 4.54. The van der Waals surface area contributed by atoms with E-state index in [0.29, 0.717) is 27.1 Å². The summed E-state index contributed by atoms with van der Waals surface area (Å²) in [6, 6.07) is 17.4. The molecule has 3 N–H and O–H groups in total. The predicted molar refractivity (Wildman–Crippen MR) is 120 cm³/mol. The van der Waals surface area contributed by atoms with Crippen LogP contribution in [0.3, 0.4) is 0 Å². The van der Waals surface area contributed by atoms with E-state index in [9.17, 15) is 14.9 Å². The van der Waals surface area contributed by atoms with Crippen molar-refractivity contribution < 1.29 is 4.79 Å². The number of amides is 1. The fraction of sp³-hybridized carbons (Fsp3) is 0.0476. The first-order chi connectivity index (χ1) is 15.6. The number of nitriles is 1. The lowest BCUT2D eigenvalue weighted by Crippen LogP contribution is -2.26. The van der Waals surface area contributed by atoms with E-state index in [1.165, 1.54) is 0 Å². The van der Waals surface area contributed by atoms with Gasteiger partial charge < -0.3 is 10.3 Å². The number of benzene rings is 2. The molecule has 2 aromatic heterocycles. The number of nitrogens with one attached hydrogen (secondary N) is 3. The third-order valence-corrected chi connectivity index (χ3v) is 5.67. The molecule has 0 unspecified atom stereocenters. The maximum atomic E-state index is 13.1. The normalized spacial score (nSPS) is 10.5. The number of halogens is 1. The summed E-state index contributed by atoms with van der Waals surface area (Å²) in [6.07, 6.45) is 0. The molecule has 2 heterocycles. The van der Waals surface area contributed by atoms with E-state index in [-0.39, 0.29) is 22.4 Å². The summed E-state index contributed by atoms with van der Waals surface area (Å²) in [7, 11) is 0. The van der Waals surface area contributed by atoms with Crippen LogP contribution in [-0.4, -0.2) is 31.5 Å². The van der Waals surface area contributed by atoms with Gasteiger partial charge in [0.15, 0.2) is 5.82 Å². The molecule has 4 rings (SSSR count). The first-order valence-electron chi connectivity index (χ1n) is 9.24. The molecule has 32 heavy (non-hydrogen) atoms. The van der Waals surface area contributed by atoms with Gasteiger partial charge in [-0.1, -0.05) is 58.9 Å². The molecule has 158 valence electrons. The minimum atomic E-state index is -0.631. The molecule has 0 aliphatic rings. The Labute approximate surface area is 190 Å². The van der Waals surface area contributed by atoms with Crippen LogP contribution < -0.4 is 10.9 Å². The minimum Gasteiger partial charge on any atom is -0.322 e. The van der Waals surface area contributed by atoms with Gasteiger partial charge in [0.05, 0.1) is 16.3 Å². The second-order valence-electron chi connectivity index (χ2n) is 6.46. The molecule has 0 radical (unpaired) electrons. The number of tetrazole rings is 1. The number of nitrogens with zero attached hydrogens (tertiary/aromatic N) is 4. The summed E-state index contributed by atoms with van der Waals surface area (Å²) in [5, 5.41) is 27.0. The number of para-hydroxylation sites is 1. The Morgan fingerprint density at radius 3 is 2.56 bits per heavy atom. The quantitative estimate of drug-likeness (QED) is 0.371. The van der Waals surface area contributed by atoms with Gasteiger partial charge in [0.25, 0.3) is 11.5 Å². The van der Waals surface area contributed by atoms with Crippen LogP contribution in [0.4, 0.5) is 5.69 Å². The van der Waals surface area contributed by atoms with Crippen LogP contribution in [0.1, 0.15) is 21.7 Å². The predicted octanol–water partition coefficient (Wildman–Crippen LogP) is 3.62. The Bertz CT molecular complexity index is 1350. The number of carbonyl (C=O) groups is 1. The van der Waals surface area contributed by atoms with Gasteiger partial charge >= 0.3 is 0 Å². The number of carbonyl (C=O) groups excluding carboxylic acids is 1. The van der Waals surface area contributed by atoms with Crippen molar-refractivity contribution in [1.29, 1.82) is 5.26 Å². The van der Waals surface area contributed by atoms with Gasteiger partial charge in [-0.25, -0.2) is 0 Å². The number of pyridine rings is 1. The monoisotopic (exact) mass is 463 g/mol. The molecule has 4 aromatic rings. The van der Waals surface area contributed by atoms with Crippen molar-refractivity contribution in [2.75, 3.05) is 5.32 Å². The summed E-state index contributed by atoms with van der Waals surface area (Å²) in [6.45, 7) is 0. The molecule has 0 fully saturated rings. The lowest BCUT2D eigenvalue weighted by Gasteiger charge is -2.14. The standard InChI is InChI=1S/C21H14ClN7O2S/c22-13-8-6-12(7-9-13)17-15(10-23)21(32-11-16-26-28-29-27-16)25-20(31)18(17)19(30)24-14-4-2-1-3-5-14/h1-9H,11H2,(H,24,30)(H,25,31)(H,26,27,28,29). The van der Waals surface area contributed by atoms with E-state index in [1.807, 2.05) is 6.07 Å².